The Kier molecular flexibility index (Phi) is 6.54. The molecule has 0 spiro atoms. The third-order valence-corrected chi connectivity index (χ3v) is 3.63. The third-order valence-electron chi connectivity index (χ3n) is 3.63. The average molecular weight is 265 g/mol. The van der Waals surface area contributed by atoms with Gasteiger partial charge in [0.2, 0.25) is 0 Å². The largest absolute Gasteiger partial charge is 0.493 e. The maximum atomic E-state index is 5.33. The number of hydrogen-bond acceptors (Lipinski definition) is 3. The van der Waals surface area contributed by atoms with Gasteiger partial charge < -0.3 is 14.8 Å². The van der Waals surface area contributed by atoms with Crippen molar-refractivity contribution in [3.05, 3.63) is 18.2 Å². The zero-order valence-electron chi connectivity index (χ0n) is 12.8. The topological polar surface area (TPSA) is 30.5 Å². The monoisotopic (exact) mass is 265 g/mol. The van der Waals surface area contributed by atoms with Gasteiger partial charge in [-0.15, -0.1) is 0 Å². The van der Waals surface area contributed by atoms with E-state index in [2.05, 4.69) is 26.1 Å². The lowest BCUT2D eigenvalue weighted by Crippen LogP contribution is -2.21. The Hall–Kier alpha value is -1.38. The second-order valence-corrected chi connectivity index (χ2v) is 5.07. The van der Waals surface area contributed by atoms with Crippen molar-refractivity contribution in [3.63, 3.8) is 0 Å². The Balaban J connectivity index is 2.74. The van der Waals surface area contributed by atoms with E-state index >= 15 is 0 Å². The first kappa shape index (κ1) is 15.7. The summed E-state index contributed by atoms with van der Waals surface area (Å²) in [5.41, 5.74) is 1.09. The number of anilines is 1. The summed E-state index contributed by atoms with van der Waals surface area (Å²) in [7, 11) is 3.32. The molecule has 0 amide bonds. The highest BCUT2D eigenvalue weighted by Crippen LogP contribution is 2.30. The van der Waals surface area contributed by atoms with Crippen molar-refractivity contribution in [2.24, 2.45) is 5.92 Å². The standard InChI is InChI=1S/C16H27NO2/c1-6-12(3)10-13(7-2)17-14-8-9-15(18-4)16(11-14)19-5/h8-9,11-13,17H,6-7,10H2,1-5H3. The molecular weight excluding hydrogens is 238 g/mol. The molecule has 2 unspecified atom stereocenters. The highest BCUT2D eigenvalue weighted by Gasteiger charge is 2.11. The minimum absolute atomic E-state index is 0.507. The van der Waals surface area contributed by atoms with Gasteiger partial charge in [-0.2, -0.15) is 0 Å². The molecule has 0 aliphatic rings. The fourth-order valence-electron chi connectivity index (χ4n) is 2.14. The van der Waals surface area contributed by atoms with Crippen LogP contribution in [0.1, 0.15) is 40.0 Å². The second-order valence-electron chi connectivity index (χ2n) is 5.07. The van der Waals surface area contributed by atoms with Crippen LogP contribution in [-0.2, 0) is 0 Å². The van der Waals surface area contributed by atoms with Gasteiger partial charge in [0.05, 0.1) is 14.2 Å². The maximum absolute atomic E-state index is 5.33. The number of benzene rings is 1. The van der Waals surface area contributed by atoms with Crippen molar-refractivity contribution in [1.82, 2.24) is 0 Å². The van der Waals surface area contributed by atoms with Crippen molar-refractivity contribution >= 4 is 5.69 Å². The van der Waals surface area contributed by atoms with Crippen molar-refractivity contribution in [2.75, 3.05) is 19.5 Å². The molecule has 0 aromatic heterocycles. The third kappa shape index (κ3) is 4.66. The molecule has 0 saturated carbocycles. The molecule has 1 aromatic carbocycles. The van der Waals surface area contributed by atoms with Gasteiger partial charge >= 0.3 is 0 Å². The Morgan fingerprint density at radius 3 is 2.26 bits per heavy atom. The first-order valence-electron chi connectivity index (χ1n) is 7.13. The molecule has 0 fully saturated rings. The van der Waals surface area contributed by atoms with Gasteiger partial charge in [-0.3, -0.25) is 0 Å². The molecule has 0 bridgehead atoms. The van der Waals surface area contributed by atoms with Crippen LogP contribution >= 0.6 is 0 Å². The Morgan fingerprint density at radius 2 is 1.74 bits per heavy atom. The molecule has 0 aliphatic carbocycles. The lowest BCUT2D eigenvalue weighted by molar-refractivity contribution is 0.355. The SMILES string of the molecule is CCC(C)CC(CC)Nc1ccc(OC)c(OC)c1. The van der Waals surface area contributed by atoms with E-state index in [1.54, 1.807) is 14.2 Å². The smallest absolute Gasteiger partial charge is 0.162 e. The van der Waals surface area contributed by atoms with E-state index < -0.39 is 0 Å². The highest BCUT2D eigenvalue weighted by molar-refractivity contribution is 5.55. The van der Waals surface area contributed by atoms with Crippen LogP contribution in [0.3, 0.4) is 0 Å². The Labute approximate surface area is 117 Å². The van der Waals surface area contributed by atoms with Crippen LogP contribution in [0.2, 0.25) is 0 Å². The summed E-state index contributed by atoms with van der Waals surface area (Å²) in [6.07, 6.45) is 3.55. The summed E-state index contributed by atoms with van der Waals surface area (Å²) < 4.78 is 10.6. The number of nitrogens with one attached hydrogen (secondary N) is 1. The fraction of sp³-hybridized carbons (Fsp3) is 0.625. The summed E-state index contributed by atoms with van der Waals surface area (Å²) in [6, 6.07) is 6.49. The van der Waals surface area contributed by atoms with E-state index in [0.29, 0.717) is 6.04 Å². The van der Waals surface area contributed by atoms with Gasteiger partial charge in [-0.05, 0) is 30.9 Å². The molecule has 108 valence electrons. The molecule has 1 aromatic rings. The summed E-state index contributed by atoms with van der Waals surface area (Å²) in [6.45, 7) is 6.77. The summed E-state index contributed by atoms with van der Waals surface area (Å²) in [4.78, 5) is 0. The zero-order chi connectivity index (χ0) is 14.3. The first-order chi connectivity index (χ1) is 9.14. The van der Waals surface area contributed by atoms with E-state index in [-0.39, 0.29) is 0 Å². The van der Waals surface area contributed by atoms with Crippen LogP contribution in [0.5, 0.6) is 11.5 Å². The first-order valence-corrected chi connectivity index (χ1v) is 7.13. The molecule has 0 radical (unpaired) electrons. The van der Waals surface area contributed by atoms with Gasteiger partial charge in [0.25, 0.3) is 0 Å². The van der Waals surface area contributed by atoms with Gasteiger partial charge in [0, 0.05) is 17.8 Å². The van der Waals surface area contributed by atoms with Crippen LogP contribution in [-0.4, -0.2) is 20.3 Å². The average Bonchev–Trinajstić information content (AvgIpc) is 2.45. The minimum Gasteiger partial charge on any atom is -0.493 e. The van der Waals surface area contributed by atoms with Crippen molar-refractivity contribution < 1.29 is 9.47 Å². The van der Waals surface area contributed by atoms with Crippen LogP contribution in [0, 0.1) is 5.92 Å². The van der Waals surface area contributed by atoms with Gasteiger partial charge in [-0.1, -0.05) is 27.2 Å². The molecule has 2 atom stereocenters. The molecule has 0 heterocycles. The maximum Gasteiger partial charge on any atom is 0.162 e. The van der Waals surface area contributed by atoms with Crippen LogP contribution in [0.4, 0.5) is 5.69 Å². The zero-order valence-corrected chi connectivity index (χ0v) is 12.8. The quantitative estimate of drug-likeness (QED) is 0.759. The lowest BCUT2D eigenvalue weighted by atomic mass is 9.97. The van der Waals surface area contributed by atoms with Gasteiger partial charge in [-0.25, -0.2) is 0 Å². The lowest BCUT2D eigenvalue weighted by Gasteiger charge is -2.22. The summed E-state index contributed by atoms with van der Waals surface area (Å²) in [5, 5.41) is 3.58. The molecule has 3 heteroatoms. The number of methoxy groups -OCH3 is 2. The summed E-state index contributed by atoms with van der Waals surface area (Å²) in [5.74, 6) is 2.28. The molecule has 0 aliphatic heterocycles. The van der Waals surface area contributed by atoms with E-state index in [0.717, 1.165) is 29.5 Å². The van der Waals surface area contributed by atoms with Crippen molar-refractivity contribution in [3.8, 4) is 11.5 Å². The Bertz CT molecular complexity index is 379. The van der Waals surface area contributed by atoms with Gasteiger partial charge in [0.15, 0.2) is 11.5 Å². The Morgan fingerprint density at radius 1 is 1.05 bits per heavy atom. The van der Waals surface area contributed by atoms with Crippen molar-refractivity contribution in [2.45, 2.75) is 46.1 Å². The molecule has 19 heavy (non-hydrogen) atoms. The molecular formula is C16H27NO2. The second kappa shape index (κ2) is 7.93. The predicted molar refractivity (Wildman–Crippen MR) is 81.3 cm³/mol. The molecule has 1 rings (SSSR count). The minimum atomic E-state index is 0.507. The van der Waals surface area contributed by atoms with E-state index in [1.807, 2.05) is 18.2 Å². The normalized spacial score (nSPS) is 13.7. The number of hydrogen-bond donors (Lipinski definition) is 1. The van der Waals surface area contributed by atoms with Gasteiger partial charge in [0.1, 0.15) is 0 Å². The summed E-state index contributed by atoms with van der Waals surface area (Å²) >= 11 is 0. The molecule has 0 saturated heterocycles. The van der Waals surface area contributed by atoms with E-state index in [1.165, 1.54) is 12.8 Å². The fourth-order valence-corrected chi connectivity index (χ4v) is 2.14. The van der Waals surface area contributed by atoms with Crippen molar-refractivity contribution in [1.29, 1.82) is 0 Å². The number of rotatable bonds is 8. The van der Waals surface area contributed by atoms with E-state index in [9.17, 15) is 0 Å². The van der Waals surface area contributed by atoms with E-state index in [4.69, 9.17) is 9.47 Å². The molecule has 1 N–H and O–H groups in total. The predicted octanol–water partition coefficient (Wildman–Crippen LogP) is 4.33. The van der Waals surface area contributed by atoms with Crippen LogP contribution in [0.15, 0.2) is 18.2 Å². The highest BCUT2D eigenvalue weighted by atomic mass is 16.5. The van der Waals surface area contributed by atoms with Crippen LogP contribution < -0.4 is 14.8 Å². The van der Waals surface area contributed by atoms with Crippen LogP contribution in [0.25, 0.3) is 0 Å². The number of ether oxygens (including phenoxy) is 2. The molecule has 3 nitrogen and oxygen atoms in total.